The van der Waals surface area contributed by atoms with E-state index in [1.807, 2.05) is 23.5 Å². The lowest BCUT2D eigenvalue weighted by molar-refractivity contribution is -0.682. The van der Waals surface area contributed by atoms with E-state index in [0.717, 1.165) is 22.0 Å². The first-order valence-electron chi connectivity index (χ1n) is 13.3. The number of carbonyl (C=O) groups is 4. The topological polar surface area (TPSA) is 136 Å². The van der Waals surface area contributed by atoms with Crippen molar-refractivity contribution in [2.24, 2.45) is 5.92 Å². The van der Waals surface area contributed by atoms with Gasteiger partial charge in [-0.1, -0.05) is 18.2 Å². The number of ether oxygens (including phenoxy) is 2. The standard InChI is InChI=1S/C30H25FN4O6/c1-40-20(36)10-19(30(39)41-2)32-11-13-8-14-4-3-5-17-22-24-23(28(37)34-29(24)38)21-16-7-6-15(31)9-18(16)33-25(21)27(22)35(12-13)26(14)17/h3-7,9,13,19,32-33H,8,10-12H2,1-2H3,(H,34,37,38)/p+1. The second-order valence-corrected chi connectivity index (χ2v) is 10.7. The minimum atomic E-state index is -0.737. The van der Waals surface area contributed by atoms with Crippen molar-refractivity contribution in [3.05, 3.63) is 58.9 Å². The number of imide groups is 1. The summed E-state index contributed by atoms with van der Waals surface area (Å²) in [6.07, 6.45) is 0.606. The van der Waals surface area contributed by atoms with Gasteiger partial charge in [0.25, 0.3) is 11.8 Å². The van der Waals surface area contributed by atoms with Gasteiger partial charge in [0.1, 0.15) is 12.2 Å². The van der Waals surface area contributed by atoms with Crippen LogP contribution >= 0.6 is 0 Å². The molecule has 0 aliphatic carbocycles. The molecular formula is C30H26FN4O6+. The average Bonchev–Trinajstić information content (AvgIpc) is 3.59. The molecule has 0 fully saturated rings. The summed E-state index contributed by atoms with van der Waals surface area (Å²) in [5, 5.41) is 7.08. The molecule has 4 N–H and O–H groups in total. The number of hydrogen-bond donors (Lipinski definition) is 3. The van der Waals surface area contributed by atoms with Crippen LogP contribution in [-0.4, -0.2) is 60.1 Å². The van der Waals surface area contributed by atoms with E-state index in [-0.39, 0.29) is 12.3 Å². The lowest BCUT2D eigenvalue weighted by Crippen LogP contribution is -2.93. The summed E-state index contributed by atoms with van der Waals surface area (Å²) >= 11 is 0. The average molecular weight is 558 g/mol. The number of nitrogens with two attached hydrogens (primary N) is 1. The van der Waals surface area contributed by atoms with Crippen LogP contribution in [0.3, 0.4) is 0 Å². The summed E-state index contributed by atoms with van der Waals surface area (Å²) < 4.78 is 26.1. The van der Waals surface area contributed by atoms with Gasteiger partial charge in [-0.05, 0) is 30.2 Å². The smallest absolute Gasteiger partial charge is 0.365 e. The second kappa shape index (κ2) is 9.13. The van der Waals surface area contributed by atoms with Gasteiger partial charge in [-0.3, -0.25) is 19.7 Å². The zero-order valence-corrected chi connectivity index (χ0v) is 22.3. The predicted molar refractivity (Wildman–Crippen MR) is 147 cm³/mol. The Labute approximate surface area is 231 Å². The van der Waals surface area contributed by atoms with E-state index in [9.17, 15) is 23.6 Å². The van der Waals surface area contributed by atoms with Crippen molar-refractivity contribution >= 4 is 67.4 Å². The molecule has 0 spiro atoms. The van der Waals surface area contributed by atoms with Crippen LogP contribution in [-0.2, 0) is 32.0 Å². The molecule has 11 heteroatoms. The van der Waals surface area contributed by atoms with Crippen LogP contribution < -0.4 is 10.6 Å². The first-order valence-corrected chi connectivity index (χ1v) is 13.3. The lowest BCUT2D eigenvalue weighted by atomic mass is 9.93. The third-order valence-corrected chi connectivity index (χ3v) is 8.42. The highest BCUT2D eigenvalue weighted by Crippen LogP contribution is 2.45. The van der Waals surface area contributed by atoms with Crippen molar-refractivity contribution in [3.8, 4) is 0 Å². The molecule has 2 aliphatic heterocycles. The molecule has 4 heterocycles. The fraction of sp³-hybridized carbons (Fsp3) is 0.267. The number of benzene rings is 3. The van der Waals surface area contributed by atoms with Gasteiger partial charge in [-0.25, -0.2) is 9.18 Å². The van der Waals surface area contributed by atoms with Gasteiger partial charge in [0.2, 0.25) is 0 Å². The third-order valence-electron chi connectivity index (χ3n) is 8.42. The molecule has 41 heavy (non-hydrogen) atoms. The fourth-order valence-corrected chi connectivity index (χ4v) is 6.71. The van der Waals surface area contributed by atoms with Crippen LogP contribution in [0.2, 0.25) is 0 Å². The van der Waals surface area contributed by atoms with Crippen molar-refractivity contribution in [1.82, 2.24) is 14.9 Å². The number of rotatable bonds is 6. The molecule has 2 amide bonds. The number of esters is 2. The van der Waals surface area contributed by atoms with Crippen molar-refractivity contribution in [2.45, 2.75) is 25.4 Å². The number of aromatic nitrogens is 2. The van der Waals surface area contributed by atoms with Gasteiger partial charge in [0.05, 0.1) is 48.4 Å². The van der Waals surface area contributed by atoms with Gasteiger partial charge < -0.3 is 24.3 Å². The molecule has 2 unspecified atom stereocenters. The van der Waals surface area contributed by atoms with E-state index in [2.05, 4.69) is 14.9 Å². The van der Waals surface area contributed by atoms with Crippen LogP contribution in [0.1, 0.15) is 32.7 Å². The van der Waals surface area contributed by atoms with Gasteiger partial charge in [0.15, 0.2) is 6.04 Å². The normalized spacial score (nSPS) is 16.9. The van der Waals surface area contributed by atoms with Crippen LogP contribution in [0.15, 0.2) is 36.4 Å². The molecule has 0 radical (unpaired) electrons. The largest absolute Gasteiger partial charge is 0.469 e. The third kappa shape index (κ3) is 3.65. The van der Waals surface area contributed by atoms with Crippen molar-refractivity contribution in [2.75, 3.05) is 20.8 Å². The molecule has 10 nitrogen and oxygen atoms in total. The molecular weight excluding hydrogens is 531 g/mol. The van der Waals surface area contributed by atoms with E-state index < -0.39 is 35.6 Å². The number of nitrogens with one attached hydrogen (secondary N) is 2. The lowest BCUT2D eigenvalue weighted by Gasteiger charge is -2.25. The zero-order chi connectivity index (χ0) is 28.6. The van der Waals surface area contributed by atoms with E-state index in [0.29, 0.717) is 57.8 Å². The monoisotopic (exact) mass is 557 g/mol. The summed E-state index contributed by atoms with van der Waals surface area (Å²) in [6, 6.07) is 9.56. The Balaban J connectivity index is 1.42. The summed E-state index contributed by atoms with van der Waals surface area (Å²) in [4.78, 5) is 54.0. The van der Waals surface area contributed by atoms with Crippen molar-refractivity contribution in [1.29, 1.82) is 0 Å². The number of quaternary nitrogens is 1. The number of fused-ring (bicyclic) bond motifs is 10. The number of hydrogen-bond acceptors (Lipinski definition) is 6. The first kappa shape index (κ1) is 25.2. The molecule has 5 aromatic rings. The number of methoxy groups -OCH3 is 2. The Hall–Kier alpha value is -4.77. The van der Waals surface area contributed by atoms with Crippen molar-refractivity contribution in [3.63, 3.8) is 0 Å². The van der Waals surface area contributed by atoms with E-state index >= 15 is 0 Å². The molecule has 0 saturated heterocycles. The van der Waals surface area contributed by atoms with Gasteiger partial charge in [-0.2, -0.15) is 0 Å². The highest BCUT2D eigenvalue weighted by molar-refractivity contribution is 6.39. The second-order valence-electron chi connectivity index (χ2n) is 10.7. The summed E-state index contributed by atoms with van der Waals surface area (Å²) in [5.41, 5.74) is 4.64. The van der Waals surface area contributed by atoms with E-state index in [1.54, 1.807) is 6.07 Å². The quantitative estimate of drug-likeness (QED) is 0.217. The summed E-state index contributed by atoms with van der Waals surface area (Å²) in [6.45, 7) is 1.09. The van der Waals surface area contributed by atoms with Crippen LogP contribution in [0.25, 0.3) is 43.6 Å². The molecule has 7 rings (SSSR count). The maximum Gasteiger partial charge on any atom is 0.365 e. The molecule has 0 bridgehead atoms. The minimum Gasteiger partial charge on any atom is -0.469 e. The zero-order valence-electron chi connectivity index (χ0n) is 22.3. The Morgan fingerprint density at radius 1 is 1.05 bits per heavy atom. The molecule has 2 aromatic heterocycles. The maximum absolute atomic E-state index is 14.2. The maximum atomic E-state index is 14.2. The van der Waals surface area contributed by atoms with Gasteiger partial charge in [0, 0.05) is 39.5 Å². The highest BCUT2D eigenvalue weighted by Gasteiger charge is 2.37. The number of carbonyl (C=O) groups excluding carboxylic acids is 4. The summed E-state index contributed by atoms with van der Waals surface area (Å²) in [5.74, 6) is -2.27. The van der Waals surface area contributed by atoms with Gasteiger partial charge >= 0.3 is 11.9 Å². The highest BCUT2D eigenvalue weighted by atomic mass is 19.1. The number of para-hydroxylation sites is 1. The van der Waals surface area contributed by atoms with Crippen molar-refractivity contribution < 1.29 is 38.4 Å². The molecule has 3 aromatic carbocycles. The number of aromatic amines is 1. The van der Waals surface area contributed by atoms with E-state index in [4.69, 9.17) is 9.47 Å². The summed E-state index contributed by atoms with van der Waals surface area (Å²) in [7, 11) is 2.57. The SMILES string of the molecule is COC(=O)CC([NH2+]CC1Cc2cccc3c4c5c(c6c7ccc(F)cc7[nH]c6c4n(c23)C1)C(=O)NC5=O)C(=O)OC. The first-order chi connectivity index (χ1) is 19.8. The fourth-order valence-electron chi connectivity index (χ4n) is 6.71. The predicted octanol–water partition coefficient (Wildman–Crippen LogP) is 2.29. The Morgan fingerprint density at radius 2 is 1.83 bits per heavy atom. The van der Waals surface area contributed by atoms with E-state index in [1.165, 1.54) is 26.4 Å². The van der Waals surface area contributed by atoms with Crippen LogP contribution in [0, 0.1) is 11.7 Å². The Kier molecular flexibility index (Phi) is 5.62. The number of H-pyrrole nitrogens is 1. The van der Waals surface area contributed by atoms with Crippen LogP contribution in [0.5, 0.6) is 0 Å². The van der Waals surface area contributed by atoms with Gasteiger partial charge in [-0.15, -0.1) is 0 Å². The number of halogens is 1. The Bertz CT molecular complexity index is 1990. The molecule has 208 valence electrons. The minimum absolute atomic E-state index is 0.0640. The molecule has 2 aliphatic rings. The molecule has 2 atom stereocenters. The molecule has 0 saturated carbocycles. The Morgan fingerprint density at radius 3 is 2.59 bits per heavy atom. The number of amides is 2. The van der Waals surface area contributed by atoms with Crippen LogP contribution in [0.4, 0.5) is 4.39 Å². The number of nitrogens with zero attached hydrogens (tertiary/aromatic N) is 1.